The van der Waals surface area contributed by atoms with Crippen LogP contribution in [0.4, 0.5) is 13.2 Å². The van der Waals surface area contributed by atoms with Crippen LogP contribution in [0, 0.1) is 6.92 Å². The molecule has 1 aromatic carbocycles. The van der Waals surface area contributed by atoms with Crippen LogP contribution in [0.5, 0.6) is 0 Å². The van der Waals surface area contributed by atoms with Crippen LogP contribution >= 0.6 is 11.6 Å². The molecule has 3 aromatic heterocycles. The zero-order valence-corrected chi connectivity index (χ0v) is 17.4. The van der Waals surface area contributed by atoms with Crippen LogP contribution in [0.25, 0.3) is 27.8 Å². The number of rotatable bonds is 2. The third-order valence-electron chi connectivity index (χ3n) is 4.38. The molecule has 0 fully saturated rings. The minimum Gasteiger partial charge on any atom is -0.280 e. The standard InChI is InChI=1S/C18H15ClF3N5.C2H6/c1-8(2)16-25-14-9(3)4-13(18(20,21)22)24-17(14)27(16)11-5-10-7-23-26-15(10)12(19)6-11;1-2/h4-8H,1-3H3,(H,23,26);1-2H3. The number of aromatic nitrogens is 5. The van der Waals surface area contributed by atoms with Gasteiger partial charge in [-0.3, -0.25) is 9.67 Å². The number of benzene rings is 1. The molecule has 0 amide bonds. The van der Waals surface area contributed by atoms with E-state index in [0.717, 1.165) is 11.5 Å². The first-order chi connectivity index (χ1) is 13.7. The molecule has 0 unspecified atom stereocenters. The van der Waals surface area contributed by atoms with Gasteiger partial charge in [-0.15, -0.1) is 0 Å². The number of hydrogen-bond donors (Lipinski definition) is 1. The molecular weight excluding hydrogens is 403 g/mol. The van der Waals surface area contributed by atoms with E-state index in [-0.39, 0.29) is 11.6 Å². The van der Waals surface area contributed by atoms with E-state index in [0.29, 0.717) is 33.1 Å². The molecule has 5 nitrogen and oxygen atoms in total. The summed E-state index contributed by atoms with van der Waals surface area (Å²) in [6.45, 7) is 9.46. The number of fused-ring (bicyclic) bond motifs is 2. The van der Waals surface area contributed by atoms with Crippen LogP contribution in [-0.2, 0) is 6.18 Å². The zero-order chi connectivity index (χ0) is 21.5. The second-order valence-electron chi connectivity index (χ2n) is 6.72. The quantitative estimate of drug-likeness (QED) is 0.404. The van der Waals surface area contributed by atoms with Gasteiger partial charge in [-0.1, -0.05) is 39.3 Å². The number of nitrogens with zero attached hydrogens (tertiary/aromatic N) is 4. The summed E-state index contributed by atoms with van der Waals surface area (Å²) < 4.78 is 41.5. The normalized spacial score (nSPS) is 11.9. The Bertz CT molecular complexity index is 1170. The first-order valence-electron chi connectivity index (χ1n) is 9.27. The van der Waals surface area contributed by atoms with Crippen molar-refractivity contribution in [2.45, 2.75) is 46.7 Å². The predicted octanol–water partition coefficient (Wildman–Crippen LogP) is 6.43. The Morgan fingerprint density at radius 2 is 1.79 bits per heavy atom. The van der Waals surface area contributed by atoms with Crippen molar-refractivity contribution < 1.29 is 13.2 Å². The highest BCUT2D eigenvalue weighted by atomic mass is 35.5. The van der Waals surface area contributed by atoms with Crippen LogP contribution in [0.3, 0.4) is 0 Å². The van der Waals surface area contributed by atoms with Gasteiger partial charge in [0.15, 0.2) is 5.65 Å². The first kappa shape index (κ1) is 21.1. The molecule has 4 aromatic rings. The van der Waals surface area contributed by atoms with Gasteiger partial charge >= 0.3 is 6.18 Å². The fourth-order valence-corrected chi connectivity index (χ4v) is 3.39. The number of H-pyrrole nitrogens is 1. The summed E-state index contributed by atoms with van der Waals surface area (Å²) in [7, 11) is 0. The summed E-state index contributed by atoms with van der Waals surface area (Å²) in [5.74, 6) is 0.575. The number of alkyl halides is 3. The summed E-state index contributed by atoms with van der Waals surface area (Å²) in [6, 6.07) is 4.50. The Labute approximate surface area is 170 Å². The molecule has 0 radical (unpaired) electrons. The third-order valence-corrected chi connectivity index (χ3v) is 4.68. The third kappa shape index (κ3) is 3.69. The van der Waals surface area contributed by atoms with Crippen molar-refractivity contribution in [1.82, 2.24) is 24.7 Å². The van der Waals surface area contributed by atoms with Crippen molar-refractivity contribution in [3.8, 4) is 5.69 Å². The van der Waals surface area contributed by atoms with E-state index in [1.54, 1.807) is 29.8 Å². The lowest BCUT2D eigenvalue weighted by molar-refractivity contribution is -0.141. The van der Waals surface area contributed by atoms with Crippen molar-refractivity contribution >= 4 is 33.7 Å². The average Bonchev–Trinajstić information content (AvgIpc) is 3.27. The Balaban J connectivity index is 0.00000117. The molecule has 4 rings (SSSR count). The Morgan fingerprint density at radius 1 is 1.10 bits per heavy atom. The second-order valence-corrected chi connectivity index (χ2v) is 7.12. The minimum atomic E-state index is -4.54. The zero-order valence-electron chi connectivity index (χ0n) is 16.7. The van der Waals surface area contributed by atoms with Gasteiger partial charge in [0.2, 0.25) is 0 Å². The second kappa shape index (κ2) is 7.67. The highest BCUT2D eigenvalue weighted by molar-refractivity contribution is 6.35. The number of halogens is 4. The molecule has 0 atom stereocenters. The lowest BCUT2D eigenvalue weighted by Crippen LogP contribution is -2.10. The number of pyridine rings is 1. The van der Waals surface area contributed by atoms with Crippen molar-refractivity contribution in [3.63, 3.8) is 0 Å². The van der Waals surface area contributed by atoms with Crippen LogP contribution in [0.1, 0.15) is 50.7 Å². The number of hydrogen-bond acceptors (Lipinski definition) is 3. The minimum absolute atomic E-state index is 0.0354. The summed E-state index contributed by atoms with van der Waals surface area (Å²) in [5.41, 5.74) is 1.32. The van der Waals surface area contributed by atoms with E-state index in [2.05, 4.69) is 20.2 Å². The summed E-state index contributed by atoms with van der Waals surface area (Å²) in [6.07, 6.45) is -2.93. The Kier molecular flexibility index (Phi) is 5.58. The molecule has 3 heterocycles. The average molecular weight is 424 g/mol. The largest absolute Gasteiger partial charge is 0.433 e. The van der Waals surface area contributed by atoms with Gasteiger partial charge in [-0.2, -0.15) is 18.3 Å². The highest BCUT2D eigenvalue weighted by Gasteiger charge is 2.34. The smallest absolute Gasteiger partial charge is 0.280 e. The Hall–Kier alpha value is -2.61. The van der Waals surface area contributed by atoms with Gasteiger partial charge in [0.05, 0.1) is 22.4 Å². The molecule has 154 valence electrons. The molecular formula is C20H21ClF3N5. The van der Waals surface area contributed by atoms with Crippen molar-refractivity contribution in [2.75, 3.05) is 0 Å². The van der Waals surface area contributed by atoms with Crippen LogP contribution in [0.15, 0.2) is 24.4 Å². The van der Waals surface area contributed by atoms with Gasteiger partial charge in [0.1, 0.15) is 17.0 Å². The van der Waals surface area contributed by atoms with Crippen LogP contribution in [0.2, 0.25) is 5.02 Å². The summed E-state index contributed by atoms with van der Waals surface area (Å²) >= 11 is 6.33. The monoisotopic (exact) mass is 423 g/mol. The first-order valence-corrected chi connectivity index (χ1v) is 9.65. The maximum Gasteiger partial charge on any atom is 0.433 e. The van der Waals surface area contributed by atoms with Gasteiger partial charge in [-0.05, 0) is 30.7 Å². The van der Waals surface area contributed by atoms with Crippen LogP contribution in [-0.4, -0.2) is 24.7 Å². The van der Waals surface area contributed by atoms with Gasteiger partial charge in [-0.25, -0.2) is 9.97 Å². The fourth-order valence-electron chi connectivity index (χ4n) is 3.13. The fraction of sp³-hybridized carbons (Fsp3) is 0.350. The van der Waals surface area contributed by atoms with Gasteiger partial charge in [0, 0.05) is 11.3 Å². The predicted molar refractivity (Wildman–Crippen MR) is 109 cm³/mol. The molecule has 9 heteroatoms. The molecule has 29 heavy (non-hydrogen) atoms. The lowest BCUT2D eigenvalue weighted by atomic mass is 10.2. The Morgan fingerprint density at radius 3 is 2.41 bits per heavy atom. The van der Waals surface area contributed by atoms with Gasteiger partial charge in [0.25, 0.3) is 0 Å². The summed E-state index contributed by atoms with van der Waals surface area (Å²) in [4.78, 5) is 8.47. The molecule has 1 N–H and O–H groups in total. The summed E-state index contributed by atoms with van der Waals surface area (Å²) in [5, 5.41) is 7.93. The molecule has 0 spiro atoms. The number of nitrogens with one attached hydrogen (secondary N) is 1. The number of aryl methyl sites for hydroxylation is 1. The van der Waals surface area contributed by atoms with Crippen LogP contribution < -0.4 is 0 Å². The lowest BCUT2D eigenvalue weighted by Gasteiger charge is -2.13. The SMILES string of the molecule is CC.Cc1cc(C(F)(F)F)nc2c1nc(C(C)C)n2-c1cc(Cl)c2[nH]ncc2c1. The van der Waals surface area contributed by atoms with Crippen molar-refractivity contribution in [1.29, 1.82) is 0 Å². The molecule has 0 aliphatic carbocycles. The highest BCUT2D eigenvalue weighted by Crippen LogP contribution is 2.34. The van der Waals surface area contributed by atoms with Crippen molar-refractivity contribution in [3.05, 3.63) is 46.5 Å². The van der Waals surface area contributed by atoms with Crippen molar-refractivity contribution in [2.24, 2.45) is 0 Å². The number of imidazole rings is 1. The van der Waals surface area contributed by atoms with E-state index in [4.69, 9.17) is 11.6 Å². The molecule has 0 aliphatic rings. The van der Waals surface area contributed by atoms with E-state index < -0.39 is 11.9 Å². The van der Waals surface area contributed by atoms with E-state index >= 15 is 0 Å². The van der Waals surface area contributed by atoms with E-state index in [9.17, 15) is 13.2 Å². The van der Waals surface area contributed by atoms with E-state index in [1.807, 2.05) is 27.7 Å². The molecule has 0 bridgehead atoms. The number of aromatic amines is 1. The molecule has 0 saturated carbocycles. The maximum absolute atomic E-state index is 13.3. The van der Waals surface area contributed by atoms with E-state index in [1.165, 1.54) is 0 Å². The topological polar surface area (TPSA) is 59.4 Å². The molecule has 0 aliphatic heterocycles. The van der Waals surface area contributed by atoms with Gasteiger partial charge < -0.3 is 0 Å². The molecule has 0 saturated heterocycles. The maximum atomic E-state index is 13.3.